The molecule has 0 amide bonds. The van der Waals surface area contributed by atoms with E-state index >= 15 is 0 Å². The van der Waals surface area contributed by atoms with Gasteiger partial charge >= 0.3 is 0 Å². The highest BCUT2D eigenvalue weighted by Crippen LogP contribution is 2.21. The van der Waals surface area contributed by atoms with Gasteiger partial charge in [-0.25, -0.2) is 4.39 Å². The number of likely N-dealkylation sites (N-methyl/N-ethyl adjacent to an activating group) is 1. The van der Waals surface area contributed by atoms with Gasteiger partial charge in [0.2, 0.25) is 0 Å². The van der Waals surface area contributed by atoms with E-state index in [-0.39, 0.29) is 11.9 Å². The molecule has 1 fully saturated rings. The highest BCUT2D eigenvalue weighted by molar-refractivity contribution is 5.21. The molecule has 1 aliphatic carbocycles. The van der Waals surface area contributed by atoms with Crippen LogP contribution >= 0.6 is 0 Å². The molecular weight excluding hydrogens is 191 g/mol. The molecule has 0 aromatic heterocycles. The Labute approximate surface area is 89.9 Å². The lowest BCUT2D eigenvalue weighted by molar-refractivity contribution is 0.496. The third-order valence-corrected chi connectivity index (χ3v) is 2.82. The summed E-state index contributed by atoms with van der Waals surface area (Å²) in [6.07, 6.45) is 2.52. The number of benzene rings is 1. The van der Waals surface area contributed by atoms with Gasteiger partial charge in [-0.2, -0.15) is 0 Å². The van der Waals surface area contributed by atoms with Gasteiger partial charge in [0.05, 0.1) is 0 Å². The molecule has 0 bridgehead atoms. The molecule has 1 aromatic carbocycles. The molecule has 0 saturated heterocycles. The first kappa shape index (κ1) is 10.6. The summed E-state index contributed by atoms with van der Waals surface area (Å²) >= 11 is 0. The second-order valence-electron chi connectivity index (χ2n) is 4.05. The zero-order valence-electron chi connectivity index (χ0n) is 8.96. The molecule has 1 unspecified atom stereocenters. The minimum absolute atomic E-state index is 0.0619. The van der Waals surface area contributed by atoms with Gasteiger partial charge in [0.1, 0.15) is 5.82 Å². The van der Waals surface area contributed by atoms with Crippen molar-refractivity contribution in [2.45, 2.75) is 24.9 Å². The van der Waals surface area contributed by atoms with Gasteiger partial charge in [-0.1, -0.05) is 18.2 Å². The van der Waals surface area contributed by atoms with Gasteiger partial charge in [-0.3, -0.25) is 0 Å². The Morgan fingerprint density at radius 1 is 1.40 bits per heavy atom. The SMILES string of the molecule is CNC(CNC1CC1)c1ccccc1F. The Hall–Kier alpha value is -0.930. The summed E-state index contributed by atoms with van der Waals surface area (Å²) in [5.74, 6) is -0.130. The Morgan fingerprint density at radius 3 is 2.73 bits per heavy atom. The van der Waals surface area contributed by atoms with Crippen LogP contribution in [0, 0.1) is 5.82 Å². The summed E-state index contributed by atoms with van der Waals surface area (Å²) in [5.41, 5.74) is 0.744. The summed E-state index contributed by atoms with van der Waals surface area (Å²) in [6.45, 7) is 0.794. The fourth-order valence-electron chi connectivity index (χ4n) is 1.70. The third-order valence-electron chi connectivity index (χ3n) is 2.82. The van der Waals surface area contributed by atoms with Crippen molar-refractivity contribution in [2.24, 2.45) is 0 Å². The molecular formula is C12H17FN2. The zero-order chi connectivity index (χ0) is 10.7. The van der Waals surface area contributed by atoms with Gasteiger partial charge < -0.3 is 10.6 Å². The lowest BCUT2D eigenvalue weighted by atomic mass is 10.1. The van der Waals surface area contributed by atoms with Crippen LogP contribution in [0.2, 0.25) is 0 Å². The van der Waals surface area contributed by atoms with E-state index in [9.17, 15) is 4.39 Å². The standard InChI is InChI=1S/C12H17FN2/c1-14-12(8-15-9-6-7-9)10-4-2-3-5-11(10)13/h2-5,9,12,14-15H,6-8H2,1H3. The molecule has 1 aliphatic rings. The van der Waals surface area contributed by atoms with E-state index in [0.717, 1.165) is 12.1 Å². The fourth-order valence-corrected chi connectivity index (χ4v) is 1.70. The molecule has 1 saturated carbocycles. The molecule has 0 aliphatic heterocycles. The summed E-state index contributed by atoms with van der Waals surface area (Å²) in [4.78, 5) is 0. The van der Waals surface area contributed by atoms with Crippen molar-refractivity contribution in [3.63, 3.8) is 0 Å². The molecule has 0 spiro atoms. The van der Waals surface area contributed by atoms with Gasteiger partial charge in [0, 0.05) is 24.2 Å². The van der Waals surface area contributed by atoms with Crippen LogP contribution in [-0.2, 0) is 0 Å². The monoisotopic (exact) mass is 208 g/mol. The third kappa shape index (κ3) is 2.76. The van der Waals surface area contributed by atoms with Crippen LogP contribution in [0.4, 0.5) is 4.39 Å². The first-order valence-electron chi connectivity index (χ1n) is 5.46. The van der Waals surface area contributed by atoms with Crippen LogP contribution in [0.3, 0.4) is 0 Å². The second kappa shape index (κ2) is 4.73. The number of rotatable bonds is 5. The molecule has 0 radical (unpaired) electrons. The molecule has 1 aromatic rings. The molecule has 2 rings (SSSR count). The average Bonchev–Trinajstić information content (AvgIpc) is 3.05. The summed E-state index contributed by atoms with van der Waals surface area (Å²) in [6, 6.07) is 7.67. The van der Waals surface area contributed by atoms with Crippen molar-refractivity contribution in [3.05, 3.63) is 35.6 Å². The molecule has 2 nitrogen and oxygen atoms in total. The lowest BCUT2D eigenvalue weighted by Crippen LogP contribution is -2.31. The highest BCUT2D eigenvalue weighted by Gasteiger charge is 2.22. The van der Waals surface area contributed by atoms with Crippen molar-refractivity contribution in [3.8, 4) is 0 Å². The van der Waals surface area contributed by atoms with Crippen LogP contribution in [0.5, 0.6) is 0 Å². The Bertz CT molecular complexity index is 323. The van der Waals surface area contributed by atoms with E-state index < -0.39 is 0 Å². The van der Waals surface area contributed by atoms with E-state index in [4.69, 9.17) is 0 Å². The van der Waals surface area contributed by atoms with Crippen LogP contribution in [0.15, 0.2) is 24.3 Å². The summed E-state index contributed by atoms with van der Waals surface area (Å²) in [5, 5.41) is 6.54. The number of hydrogen-bond acceptors (Lipinski definition) is 2. The predicted octanol–water partition coefficient (Wildman–Crippen LogP) is 1.84. The molecule has 82 valence electrons. The highest BCUT2D eigenvalue weighted by atomic mass is 19.1. The van der Waals surface area contributed by atoms with Crippen molar-refractivity contribution in [2.75, 3.05) is 13.6 Å². The first-order valence-corrected chi connectivity index (χ1v) is 5.46. The van der Waals surface area contributed by atoms with Gasteiger partial charge in [-0.05, 0) is 26.0 Å². The van der Waals surface area contributed by atoms with Crippen LogP contribution in [0.1, 0.15) is 24.4 Å². The largest absolute Gasteiger partial charge is 0.312 e. The van der Waals surface area contributed by atoms with E-state index in [0.29, 0.717) is 6.04 Å². The lowest BCUT2D eigenvalue weighted by Gasteiger charge is -2.17. The topological polar surface area (TPSA) is 24.1 Å². The second-order valence-corrected chi connectivity index (χ2v) is 4.05. The normalized spacial score (nSPS) is 17.7. The molecule has 2 N–H and O–H groups in total. The molecule has 1 atom stereocenters. The van der Waals surface area contributed by atoms with Gasteiger partial charge in [0.15, 0.2) is 0 Å². The van der Waals surface area contributed by atoms with Crippen molar-refractivity contribution in [1.82, 2.24) is 10.6 Å². The van der Waals surface area contributed by atoms with E-state index in [1.807, 2.05) is 19.2 Å². The Morgan fingerprint density at radius 2 is 2.13 bits per heavy atom. The number of hydrogen-bond donors (Lipinski definition) is 2. The first-order chi connectivity index (χ1) is 7.31. The number of halogens is 1. The van der Waals surface area contributed by atoms with E-state index in [2.05, 4.69) is 10.6 Å². The quantitative estimate of drug-likeness (QED) is 0.771. The number of nitrogens with one attached hydrogen (secondary N) is 2. The smallest absolute Gasteiger partial charge is 0.128 e. The summed E-state index contributed by atoms with van der Waals surface area (Å²) in [7, 11) is 1.87. The van der Waals surface area contributed by atoms with Crippen LogP contribution < -0.4 is 10.6 Å². The maximum absolute atomic E-state index is 13.5. The minimum Gasteiger partial charge on any atom is -0.312 e. The maximum Gasteiger partial charge on any atom is 0.128 e. The zero-order valence-corrected chi connectivity index (χ0v) is 8.96. The minimum atomic E-state index is -0.130. The molecule has 0 heterocycles. The van der Waals surface area contributed by atoms with Crippen molar-refractivity contribution < 1.29 is 4.39 Å². The van der Waals surface area contributed by atoms with Crippen molar-refractivity contribution in [1.29, 1.82) is 0 Å². The van der Waals surface area contributed by atoms with Crippen LogP contribution in [0.25, 0.3) is 0 Å². The summed E-state index contributed by atoms with van der Waals surface area (Å²) < 4.78 is 13.5. The Kier molecular flexibility index (Phi) is 3.34. The predicted molar refractivity (Wildman–Crippen MR) is 59.2 cm³/mol. The molecule has 3 heteroatoms. The van der Waals surface area contributed by atoms with Crippen LogP contribution in [-0.4, -0.2) is 19.6 Å². The van der Waals surface area contributed by atoms with Gasteiger partial charge in [-0.15, -0.1) is 0 Å². The fraction of sp³-hybridized carbons (Fsp3) is 0.500. The average molecular weight is 208 g/mol. The van der Waals surface area contributed by atoms with E-state index in [1.165, 1.54) is 18.9 Å². The Balaban J connectivity index is 2.00. The maximum atomic E-state index is 13.5. The van der Waals surface area contributed by atoms with Gasteiger partial charge in [0.25, 0.3) is 0 Å². The van der Waals surface area contributed by atoms with Crippen molar-refractivity contribution >= 4 is 0 Å². The van der Waals surface area contributed by atoms with E-state index in [1.54, 1.807) is 6.07 Å². The molecule has 15 heavy (non-hydrogen) atoms.